The Hall–Kier alpha value is -3.38. The van der Waals surface area contributed by atoms with Gasteiger partial charge in [-0.2, -0.15) is 0 Å². The molecule has 6 heteroatoms. The zero-order chi connectivity index (χ0) is 19.3. The summed E-state index contributed by atoms with van der Waals surface area (Å²) in [6.07, 6.45) is 0.210. The Balaban J connectivity index is 1.68. The molecule has 0 aliphatic rings. The summed E-state index contributed by atoms with van der Waals surface area (Å²) in [6, 6.07) is 20.9. The van der Waals surface area contributed by atoms with Crippen molar-refractivity contribution in [2.45, 2.75) is 13.0 Å². The number of hydrogen-bond donors (Lipinski definition) is 2. The maximum absolute atomic E-state index is 12.6. The highest BCUT2D eigenvalue weighted by Crippen LogP contribution is 2.29. The lowest BCUT2D eigenvalue weighted by Crippen LogP contribution is -2.21. The predicted molar refractivity (Wildman–Crippen MR) is 113 cm³/mol. The smallest absolute Gasteiger partial charge is 0.362 e. The van der Waals surface area contributed by atoms with E-state index >= 15 is 0 Å². The number of thiophene rings is 1. The molecule has 140 valence electrons. The van der Waals surface area contributed by atoms with Crippen LogP contribution in [0.5, 0.6) is 0 Å². The first-order chi connectivity index (χ1) is 13.7. The van der Waals surface area contributed by atoms with Crippen LogP contribution in [0.25, 0.3) is 11.0 Å². The number of para-hydroxylation sites is 1. The Morgan fingerprint density at radius 3 is 2.50 bits per heavy atom. The first-order valence-corrected chi connectivity index (χ1v) is 9.74. The van der Waals surface area contributed by atoms with Crippen molar-refractivity contribution in [2.75, 3.05) is 10.6 Å². The van der Waals surface area contributed by atoms with Crippen molar-refractivity contribution in [3.05, 3.63) is 93.0 Å². The van der Waals surface area contributed by atoms with Crippen molar-refractivity contribution in [3.8, 4) is 0 Å². The van der Waals surface area contributed by atoms with Crippen LogP contribution < -0.4 is 16.3 Å². The summed E-state index contributed by atoms with van der Waals surface area (Å²) >= 11 is 1.50. The number of rotatable bonds is 6. The van der Waals surface area contributed by atoms with E-state index in [4.69, 9.17) is 4.42 Å². The third-order valence-electron chi connectivity index (χ3n) is 4.30. The van der Waals surface area contributed by atoms with E-state index in [9.17, 15) is 9.59 Å². The van der Waals surface area contributed by atoms with Crippen LogP contribution >= 0.6 is 11.3 Å². The molecule has 0 atom stereocenters. The van der Waals surface area contributed by atoms with E-state index in [0.717, 1.165) is 15.8 Å². The van der Waals surface area contributed by atoms with E-state index in [1.807, 2.05) is 60.0 Å². The van der Waals surface area contributed by atoms with E-state index in [1.54, 1.807) is 12.1 Å². The van der Waals surface area contributed by atoms with Crippen LogP contribution in [0.3, 0.4) is 0 Å². The van der Waals surface area contributed by atoms with Crippen LogP contribution in [-0.2, 0) is 17.8 Å². The van der Waals surface area contributed by atoms with E-state index in [0.29, 0.717) is 17.8 Å². The van der Waals surface area contributed by atoms with Gasteiger partial charge in [-0.15, -0.1) is 11.3 Å². The van der Waals surface area contributed by atoms with E-state index in [-0.39, 0.29) is 18.0 Å². The fourth-order valence-electron chi connectivity index (χ4n) is 2.99. The number of nitrogens with one attached hydrogen (secondary N) is 2. The quantitative estimate of drug-likeness (QED) is 0.470. The number of fused-ring (bicyclic) bond motifs is 1. The summed E-state index contributed by atoms with van der Waals surface area (Å²) in [7, 11) is 0. The lowest BCUT2D eigenvalue weighted by molar-refractivity contribution is -0.115. The van der Waals surface area contributed by atoms with Crippen LogP contribution in [-0.4, -0.2) is 5.91 Å². The lowest BCUT2D eigenvalue weighted by atomic mass is 10.1. The monoisotopic (exact) mass is 390 g/mol. The van der Waals surface area contributed by atoms with Crippen LogP contribution in [0.2, 0.25) is 0 Å². The molecule has 0 aliphatic heterocycles. The number of hydrogen-bond acceptors (Lipinski definition) is 5. The molecule has 28 heavy (non-hydrogen) atoms. The van der Waals surface area contributed by atoms with Crippen LogP contribution in [0, 0.1) is 0 Å². The van der Waals surface area contributed by atoms with Crippen LogP contribution in [0.4, 0.5) is 11.4 Å². The number of amides is 1. The molecule has 2 N–H and O–H groups in total. The standard InChI is InChI=1S/C22H18N2O3S/c25-19(13-16-9-6-12-28-16)24-21-20(23-14-15-7-2-1-3-8-15)17-10-4-5-11-18(17)27-22(21)26/h1-12,23H,13-14H2,(H,24,25). The molecule has 0 spiro atoms. The molecule has 5 nitrogen and oxygen atoms in total. The first-order valence-electron chi connectivity index (χ1n) is 8.86. The van der Waals surface area contributed by atoms with Gasteiger partial charge in [0.1, 0.15) is 5.58 Å². The van der Waals surface area contributed by atoms with Gasteiger partial charge in [0.15, 0.2) is 5.69 Å². The van der Waals surface area contributed by atoms with Crippen molar-refractivity contribution in [2.24, 2.45) is 0 Å². The summed E-state index contributed by atoms with van der Waals surface area (Å²) < 4.78 is 5.41. The molecular weight excluding hydrogens is 372 g/mol. The van der Waals surface area contributed by atoms with Crippen molar-refractivity contribution in [1.29, 1.82) is 0 Å². The Morgan fingerprint density at radius 2 is 1.71 bits per heavy atom. The molecule has 2 aromatic heterocycles. The Labute approximate surface area is 165 Å². The number of anilines is 2. The molecule has 0 bridgehead atoms. The highest BCUT2D eigenvalue weighted by atomic mass is 32.1. The highest BCUT2D eigenvalue weighted by molar-refractivity contribution is 7.10. The van der Waals surface area contributed by atoms with E-state index in [2.05, 4.69) is 10.6 Å². The van der Waals surface area contributed by atoms with E-state index in [1.165, 1.54) is 11.3 Å². The minimum atomic E-state index is -0.575. The average molecular weight is 390 g/mol. The van der Waals surface area contributed by atoms with Gasteiger partial charge in [-0.3, -0.25) is 4.79 Å². The molecule has 0 fully saturated rings. The third-order valence-corrected chi connectivity index (χ3v) is 5.18. The van der Waals surface area contributed by atoms with Gasteiger partial charge in [0.2, 0.25) is 5.91 Å². The summed E-state index contributed by atoms with van der Waals surface area (Å²) in [4.78, 5) is 26.0. The molecular formula is C22H18N2O3S. The number of carbonyl (C=O) groups excluding carboxylic acids is 1. The van der Waals surface area contributed by atoms with Crippen molar-refractivity contribution in [1.82, 2.24) is 0 Å². The molecule has 1 amide bonds. The normalized spacial score (nSPS) is 10.7. The molecule has 0 saturated heterocycles. The largest absolute Gasteiger partial charge is 0.421 e. The summed E-state index contributed by atoms with van der Waals surface area (Å²) in [6.45, 7) is 0.516. The first kappa shape index (κ1) is 18.0. The topological polar surface area (TPSA) is 71.3 Å². The Morgan fingerprint density at radius 1 is 0.929 bits per heavy atom. The molecule has 2 aromatic carbocycles. The fourth-order valence-corrected chi connectivity index (χ4v) is 3.69. The molecule has 4 aromatic rings. The summed E-state index contributed by atoms with van der Waals surface area (Å²) in [5.41, 5.74) is 1.66. The zero-order valence-corrected chi connectivity index (χ0v) is 15.8. The van der Waals surface area contributed by atoms with Gasteiger partial charge < -0.3 is 15.1 Å². The predicted octanol–water partition coefficient (Wildman–Crippen LogP) is 4.65. The van der Waals surface area contributed by atoms with Crippen LogP contribution in [0.15, 0.2) is 81.3 Å². The van der Waals surface area contributed by atoms with Gasteiger partial charge in [-0.25, -0.2) is 4.79 Å². The summed E-state index contributed by atoms with van der Waals surface area (Å²) in [5.74, 6) is -0.257. The van der Waals surface area contributed by atoms with E-state index < -0.39 is 5.63 Å². The Kier molecular flexibility index (Phi) is 5.21. The second-order valence-electron chi connectivity index (χ2n) is 6.28. The zero-order valence-electron chi connectivity index (χ0n) is 15.0. The molecule has 0 unspecified atom stereocenters. The maximum atomic E-state index is 12.6. The minimum absolute atomic E-state index is 0.135. The SMILES string of the molecule is O=C(Cc1cccs1)Nc1c(NCc2ccccc2)c2ccccc2oc1=O. The van der Waals surface area contributed by atoms with Crippen molar-refractivity contribution < 1.29 is 9.21 Å². The fraction of sp³-hybridized carbons (Fsp3) is 0.0909. The third kappa shape index (κ3) is 3.97. The Bertz CT molecular complexity index is 1150. The molecule has 0 saturated carbocycles. The minimum Gasteiger partial charge on any atom is -0.421 e. The van der Waals surface area contributed by atoms with Crippen molar-refractivity contribution >= 4 is 39.6 Å². The summed E-state index contributed by atoms with van der Waals surface area (Å²) in [5, 5.41) is 8.71. The number of carbonyl (C=O) groups is 1. The molecule has 2 heterocycles. The van der Waals surface area contributed by atoms with Gasteiger partial charge in [-0.05, 0) is 29.1 Å². The lowest BCUT2D eigenvalue weighted by Gasteiger charge is -2.14. The molecule has 0 radical (unpaired) electrons. The van der Waals surface area contributed by atoms with Gasteiger partial charge in [-0.1, -0.05) is 48.5 Å². The second kappa shape index (κ2) is 8.10. The van der Waals surface area contributed by atoms with Gasteiger partial charge in [0.25, 0.3) is 0 Å². The maximum Gasteiger partial charge on any atom is 0.362 e. The van der Waals surface area contributed by atoms with Gasteiger partial charge in [0, 0.05) is 16.8 Å². The molecule has 4 rings (SSSR count). The van der Waals surface area contributed by atoms with Gasteiger partial charge >= 0.3 is 5.63 Å². The highest BCUT2D eigenvalue weighted by Gasteiger charge is 2.17. The molecule has 0 aliphatic carbocycles. The van der Waals surface area contributed by atoms with Crippen molar-refractivity contribution in [3.63, 3.8) is 0 Å². The average Bonchev–Trinajstić information content (AvgIpc) is 3.21. The number of benzene rings is 2. The van der Waals surface area contributed by atoms with Crippen LogP contribution in [0.1, 0.15) is 10.4 Å². The van der Waals surface area contributed by atoms with Gasteiger partial charge in [0.05, 0.1) is 12.1 Å². The second-order valence-corrected chi connectivity index (χ2v) is 7.31.